The molecule has 0 bridgehead atoms. The highest BCUT2D eigenvalue weighted by molar-refractivity contribution is 6.21. The summed E-state index contributed by atoms with van der Waals surface area (Å²) in [4.78, 5) is 26.2. The third-order valence-electron chi connectivity index (χ3n) is 4.45. The summed E-state index contributed by atoms with van der Waals surface area (Å²) in [6.07, 6.45) is 9.65. The highest BCUT2D eigenvalue weighted by atomic mass is 16.2. The number of hydrogen-bond acceptors (Lipinski definition) is 2. The average molecular weight is 245 g/mol. The standard InChI is InChI=1S/C15H19NO2/c1-10-6-8-11(9-7-10)16-14(17)12-4-2-3-5-13(12)15(16)18/h2,4,10-11H,3,5-9H2,1H3. The Labute approximate surface area is 108 Å². The van der Waals surface area contributed by atoms with Crippen molar-refractivity contribution in [3.8, 4) is 0 Å². The van der Waals surface area contributed by atoms with E-state index in [4.69, 9.17) is 0 Å². The molecule has 3 heteroatoms. The summed E-state index contributed by atoms with van der Waals surface area (Å²) < 4.78 is 0. The second-order valence-corrected chi connectivity index (χ2v) is 5.73. The topological polar surface area (TPSA) is 37.4 Å². The molecule has 0 aromatic heterocycles. The molecule has 0 atom stereocenters. The van der Waals surface area contributed by atoms with Crippen molar-refractivity contribution in [1.82, 2.24) is 4.90 Å². The van der Waals surface area contributed by atoms with Gasteiger partial charge in [0.2, 0.25) is 0 Å². The fraction of sp³-hybridized carbons (Fsp3) is 0.600. The van der Waals surface area contributed by atoms with Crippen LogP contribution < -0.4 is 0 Å². The van der Waals surface area contributed by atoms with E-state index in [0.29, 0.717) is 5.57 Å². The highest BCUT2D eigenvalue weighted by Gasteiger charge is 2.41. The molecule has 3 rings (SSSR count). The van der Waals surface area contributed by atoms with Crippen molar-refractivity contribution in [2.45, 2.75) is 51.5 Å². The van der Waals surface area contributed by atoms with Gasteiger partial charge in [0.05, 0.1) is 0 Å². The number of carbonyl (C=O) groups is 2. The number of rotatable bonds is 1. The molecule has 2 amide bonds. The van der Waals surface area contributed by atoms with E-state index < -0.39 is 0 Å². The Morgan fingerprint density at radius 2 is 1.83 bits per heavy atom. The van der Waals surface area contributed by atoms with E-state index in [1.165, 1.54) is 0 Å². The second kappa shape index (κ2) is 4.38. The zero-order valence-corrected chi connectivity index (χ0v) is 10.8. The first kappa shape index (κ1) is 11.7. The lowest BCUT2D eigenvalue weighted by Gasteiger charge is -2.32. The van der Waals surface area contributed by atoms with Crippen molar-refractivity contribution >= 4 is 11.8 Å². The minimum Gasteiger partial charge on any atom is -0.272 e. The van der Waals surface area contributed by atoms with Crippen LogP contribution in [0.2, 0.25) is 0 Å². The largest absolute Gasteiger partial charge is 0.272 e. The summed E-state index contributed by atoms with van der Waals surface area (Å²) in [5, 5.41) is 0. The van der Waals surface area contributed by atoms with Crippen LogP contribution in [-0.4, -0.2) is 22.8 Å². The Hall–Kier alpha value is -1.38. The Morgan fingerprint density at radius 1 is 1.11 bits per heavy atom. The second-order valence-electron chi connectivity index (χ2n) is 5.73. The Morgan fingerprint density at radius 3 is 2.50 bits per heavy atom. The van der Waals surface area contributed by atoms with E-state index >= 15 is 0 Å². The van der Waals surface area contributed by atoms with E-state index in [-0.39, 0.29) is 17.9 Å². The lowest BCUT2D eigenvalue weighted by Crippen LogP contribution is -2.42. The van der Waals surface area contributed by atoms with Crippen LogP contribution >= 0.6 is 0 Å². The van der Waals surface area contributed by atoms with Gasteiger partial charge < -0.3 is 0 Å². The molecule has 0 aromatic carbocycles. The van der Waals surface area contributed by atoms with E-state index in [1.54, 1.807) is 4.90 Å². The van der Waals surface area contributed by atoms with Gasteiger partial charge >= 0.3 is 0 Å². The maximum Gasteiger partial charge on any atom is 0.261 e. The third kappa shape index (κ3) is 1.73. The molecule has 0 N–H and O–H groups in total. The molecule has 1 heterocycles. The lowest BCUT2D eigenvalue weighted by molar-refractivity contribution is -0.141. The molecule has 0 unspecified atom stereocenters. The number of allylic oxidation sites excluding steroid dienone is 1. The number of imide groups is 1. The van der Waals surface area contributed by atoms with Gasteiger partial charge in [-0.1, -0.05) is 19.1 Å². The van der Waals surface area contributed by atoms with Crippen LogP contribution in [0.15, 0.2) is 23.3 Å². The number of carbonyl (C=O) groups excluding carboxylic acids is 2. The van der Waals surface area contributed by atoms with Crippen molar-refractivity contribution < 1.29 is 9.59 Å². The first-order valence-corrected chi connectivity index (χ1v) is 6.96. The predicted octanol–water partition coefficient (Wildman–Crippen LogP) is 2.58. The summed E-state index contributed by atoms with van der Waals surface area (Å²) in [6, 6.07) is 0.139. The van der Waals surface area contributed by atoms with Crippen LogP contribution in [0.4, 0.5) is 0 Å². The summed E-state index contributed by atoms with van der Waals surface area (Å²) in [5.74, 6) is 0.668. The van der Waals surface area contributed by atoms with E-state index in [1.807, 2.05) is 12.2 Å². The fourth-order valence-corrected chi connectivity index (χ4v) is 3.29. The Kier molecular flexibility index (Phi) is 2.84. The van der Waals surface area contributed by atoms with Crippen LogP contribution in [-0.2, 0) is 9.59 Å². The van der Waals surface area contributed by atoms with Gasteiger partial charge in [-0.3, -0.25) is 14.5 Å². The molecule has 2 aliphatic carbocycles. The molecular weight excluding hydrogens is 226 g/mol. The molecule has 0 spiro atoms. The molecule has 0 saturated heterocycles. The van der Waals surface area contributed by atoms with Crippen LogP contribution in [0.5, 0.6) is 0 Å². The molecule has 0 aromatic rings. The van der Waals surface area contributed by atoms with Gasteiger partial charge in [-0.05, 0) is 44.4 Å². The third-order valence-corrected chi connectivity index (χ3v) is 4.45. The van der Waals surface area contributed by atoms with Crippen molar-refractivity contribution in [3.63, 3.8) is 0 Å². The minimum absolute atomic E-state index is 0.0149. The van der Waals surface area contributed by atoms with Gasteiger partial charge in [0.25, 0.3) is 11.8 Å². The molecule has 1 saturated carbocycles. The zero-order valence-electron chi connectivity index (χ0n) is 10.8. The molecule has 96 valence electrons. The molecule has 1 aliphatic heterocycles. The van der Waals surface area contributed by atoms with Crippen LogP contribution in [0, 0.1) is 5.92 Å². The number of hydrogen-bond donors (Lipinski definition) is 0. The summed E-state index contributed by atoms with van der Waals surface area (Å²) in [7, 11) is 0. The molecule has 3 nitrogen and oxygen atoms in total. The fourth-order valence-electron chi connectivity index (χ4n) is 3.29. The Bertz CT molecular complexity index is 453. The van der Waals surface area contributed by atoms with Crippen LogP contribution in [0.3, 0.4) is 0 Å². The first-order chi connectivity index (χ1) is 8.68. The van der Waals surface area contributed by atoms with Gasteiger partial charge in [-0.2, -0.15) is 0 Å². The van der Waals surface area contributed by atoms with Gasteiger partial charge in [0.1, 0.15) is 0 Å². The molecule has 0 radical (unpaired) electrons. The summed E-state index contributed by atoms with van der Waals surface area (Å²) in [6.45, 7) is 2.25. The van der Waals surface area contributed by atoms with E-state index in [0.717, 1.165) is 50.0 Å². The predicted molar refractivity (Wildman–Crippen MR) is 68.7 cm³/mol. The summed E-state index contributed by atoms with van der Waals surface area (Å²) in [5.41, 5.74) is 1.41. The quantitative estimate of drug-likeness (QED) is 0.666. The van der Waals surface area contributed by atoms with Crippen molar-refractivity contribution in [1.29, 1.82) is 0 Å². The zero-order chi connectivity index (χ0) is 12.7. The Balaban J connectivity index is 1.82. The molecule has 18 heavy (non-hydrogen) atoms. The van der Waals surface area contributed by atoms with Crippen molar-refractivity contribution in [2.75, 3.05) is 0 Å². The molecular formula is C15H19NO2. The van der Waals surface area contributed by atoms with Gasteiger partial charge in [0.15, 0.2) is 0 Å². The van der Waals surface area contributed by atoms with Gasteiger partial charge in [-0.25, -0.2) is 0 Å². The molecule has 1 fully saturated rings. The average Bonchev–Trinajstić information content (AvgIpc) is 2.64. The maximum absolute atomic E-state index is 12.3. The van der Waals surface area contributed by atoms with E-state index in [2.05, 4.69) is 6.92 Å². The summed E-state index contributed by atoms with van der Waals surface area (Å²) >= 11 is 0. The number of nitrogens with zero attached hydrogens (tertiary/aromatic N) is 1. The normalized spacial score (nSPS) is 32.2. The maximum atomic E-state index is 12.3. The monoisotopic (exact) mass is 245 g/mol. The smallest absolute Gasteiger partial charge is 0.261 e. The lowest BCUT2D eigenvalue weighted by atomic mass is 9.86. The van der Waals surface area contributed by atoms with E-state index in [9.17, 15) is 9.59 Å². The number of amides is 2. The van der Waals surface area contributed by atoms with Crippen molar-refractivity contribution in [2.24, 2.45) is 5.92 Å². The van der Waals surface area contributed by atoms with Crippen LogP contribution in [0.1, 0.15) is 45.4 Å². The SMILES string of the molecule is CC1CCC(N2C(=O)C3=C(CCC=C3)C2=O)CC1. The van der Waals surface area contributed by atoms with Crippen LogP contribution in [0.25, 0.3) is 0 Å². The van der Waals surface area contributed by atoms with Gasteiger partial charge in [-0.15, -0.1) is 0 Å². The van der Waals surface area contributed by atoms with Crippen molar-refractivity contribution in [3.05, 3.63) is 23.3 Å². The first-order valence-electron chi connectivity index (χ1n) is 6.96. The molecule has 3 aliphatic rings. The highest BCUT2D eigenvalue weighted by Crippen LogP contribution is 2.35. The van der Waals surface area contributed by atoms with Gasteiger partial charge in [0, 0.05) is 17.2 Å². The minimum atomic E-state index is -0.0505.